The van der Waals surface area contributed by atoms with Gasteiger partial charge in [-0.3, -0.25) is 0 Å². The van der Waals surface area contributed by atoms with Gasteiger partial charge in [-0.15, -0.1) is 10.2 Å². The molecule has 3 rings (SSSR count). The van der Waals surface area contributed by atoms with Crippen molar-refractivity contribution in [2.75, 3.05) is 5.43 Å². The van der Waals surface area contributed by atoms with E-state index in [0.717, 1.165) is 40.6 Å². The first kappa shape index (κ1) is 13.5. The van der Waals surface area contributed by atoms with Crippen molar-refractivity contribution in [2.45, 2.75) is 26.7 Å². The first-order valence-electron chi connectivity index (χ1n) is 7.07. The monoisotopic (exact) mass is 282 g/mol. The molecule has 1 aromatic carbocycles. The van der Waals surface area contributed by atoms with E-state index in [9.17, 15) is 0 Å². The number of anilines is 1. The number of aryl methyl sites for hydroxylation is 1. The molecule has 0 radical (unpaired) electrons. The van der Waals surface area contributed by atoms with Crippen LogP contribution in [0.3, 0.4) is 0 Å². The normalized spacial score (nSPS) is 12.2. The van der Waals surface area contributed by atoms with E-state index in [1.165, 1.54) is 0 Å². The number of nitrogens with one attached hydrogen (secondary N) is 1. The summed E-state index contributed by atoms with van der Waals surface area (Å²) in [6.45, 7) is 4.11. The van der Waals surface area contributed by atoms with Gasteiger partial charge < -0.3 is 4.57 Å². The van der Waals surface area contributed by atoms with Crippen molar-refractivity contribution in [1.82, 2.24) is 19.7 Å². The highest BCUT2D eigenvalue weighted by Crippen LogP contribution is 2.24. The van der Waals surface area contributed by atoms with Gasteiger partial charge in [-0.25, -0.2) is 5.43 Å². The predicted molar refractivity (Wildman–Crippen MR) is 85.4 cm³/mol. The fourth-order valence-electron chi connectivity index (χ4n) is 2.42. The third-order valence-corrected chi connectivity index (χ3v) is 3.47. The Morgan fingerprint density at radius 2 is 2.10 bits per heavy atom. The zero-order valence-electron chi connectivity index (χ0n) is 12.5. The Hall–Kier alpha value is -2.50. The molecule has 0 aliphatic rings. The maximum absolute atomic E-state index is 4.52. The van der Waals surface area contributed by atoms with Crippen molar-refractivity contribution in [3.63, 3.8) is 0 Å². The molecule has 0 atom stereocenters. The second kappa shape index (κ2) is 5.47. The molecular formula is C15H18N6. The Kier molecular flexibility index (Phi) is 3.51. The lowest BCUT2D eigenvalue weighted by Crippen LogP contribution is -2.03. The first-order valence-corrected chi connectivity index (χ1v) is 7.07. The molecule has 6 heteroatoms. The standard InChI is InChI=1S/C15H18N6/c1-4-7-10(2)17-19-15-16-14-13(18-20-15)11-8-5-6-9-12(11)21(14)3/h5-6,8-9H,4,7H2,1-3H3,(H,16,19,20). The Morgan fingerprint density at radius 1 is 1.29 bits per heavy atom. The van der Waals surface area contributed by atoms with Crippen LogP contribution < -0.4 is 5.43 Å². The number of rotatable bonds is 4. The molecular weight excluding hydrogens is 264 g/mol. The van der Waals surface area contributed by atoms with Crippen molar-refractivity contribution in [1.29, 1.82) is 0 Å². The van der Waals surface area contributed by atoms with Gasteiger partial charge in [0.05, 0.1) is 5.52 Å². The lowest BCUT2D eigenvalue weighted by Gasteiger charge is -2.01. The molecule has 0 saturated carbocycles. The summed E-state index contributed by atoms with van der Waals surface area (Å²) < 4.78 is 2.02. The Morgan fingerprint density at radius 3 is 2.90 bits per heavy atom. The molecule has 0 aliphatic carbocycles. The summed E-state index contributed by atoms with van der Waals surface area (Å²) in [5.41, 5.74) is 6.62. The van der Waals surface area contributed by atoms with Crippen molar-refractivity contribution in [2.24, 2.45) is 12.1 Å². The highest BCUT2D eigenvalue weighted by atomic mass is 15.4. The number of hydrogen-bond donors (Lipinski definition) is 1. The van der Waals surface area contributed by atoms with Crippen LogP contribution in [0, 0.1) is 0 Å². The van der Waals surface area contributed by atoms with E-state index in [1.807, 2.05) is 36.7 Å². The molecule has 0 spiro atoms. The van der Waals surface area contributed by atoms with Crippen LogP contribution in [0.15, 0.2) is 29.4 Å². The smallest absolute Gasteiger partial charge is 0.265 e. The summed E-state index contributed by atoms with van der Waals surface area (Å²) in [5, 5.41) is 13.7. The molecule has 6 nitrogen and oxygen atoms in total. The maximum Gasteiger partial charge on any atom is 0.265 e. The summed E-state index contributed by atoms with van der Waals surface area (Å²) in [5.74, 6) is 0.420. The van der Waals surface area contributed by atoms with Crippen molar-refractivity contribution < 1.29 is 0 Å². The molecule has 0 aliphatic heterocycles. The van der Waals surface area contributed by atoms with Crippen LogP contribution in [0.1, 0.15) is 26.7 Å². The third-order valence-electron chi connectivity index (χ3n) is 3.47. The zero-order chi connectivity index (χ0) is 14.8. The van der Waals surface area contributed by atoms with Gasteiger partial charge in [-0.05, 0) is 19.4 Å². The zero-order valence-corrected chi connectivity index (χ0v) is 12.5. The molecule has 0 bridgehead atoms. The van der Waals surface area contributed by atoms with Crippen molar-refractivity contribution >= 4 is 33.7 Å². The number of hydrogen-bond acceptors (Lipinski definition) is 5. The molecule has 108 valence electrons. The third kappa shape index (κ3) is 2.44. The minimum atomic E-state index is 0.420. The van der Waals surface area contributed by atoms with Gasteiger partial charge in [0.25, 0.3) is 5.95 Å². The molecule has 21 heavy (non-hydrogen) atoms. The summed E-state index contributed by atoms with van der Waals surface area (Å²) >= 11 is 0. The van der Waals surface area contributed by atoms with E-state index in [0.29, 0.717) is 5.95 Å². The average Bonchev–Trinajstić information content (AvgIpc) is 2.79. The van der Waals surface area contributed by atoms with Gasteiger partial charge in [0, 0.05) is 18.1 Å². The maximum atomic E-state index is 4.52. The van der Waals surface area contributed by atoms with Crippen LogP contribution >= 0.6 is 0 Å². The van der Waals surface area contributed by atoms with Gasteiger partial charge in [-0.2, -0.15) is 10.1 Å². The minimum absolute atomic E-state index is 0.420. The van der Waals surface area contributed by atoms with Gasteiger partial charge in [0.2, 0.25) is 0 Å². The summed E-state index contributed by atoms with van der Waals surface area (Å²) in [6.07, 6.45) is 2.02. The number of benzene rings is 1. The highest BCUT2D eigenvalue weighted by molar-refractivity contribution is 6.04. The van der Waals surface area contributed by atoms with Crippen molar-refractivity contribution in [3.05, 3.63) is 24.3 Å². The second-order valence-electron chi connectivity index (χ2n) is 5.09. The van der Waals surface area contributed by atoms with Crippen LogP contribution in [-0.4, -0.2) is 25.5 Å². The molecule has 2 aromatic heterocycles. The van der Waals surface area contributed by atoms with E-state index < -0.39 is 0 Å². The molecule has 2 heterocycles. The second-order valence-corrected chi connectivity index (χ2v) is 5.09. The van der Waals surface area contributed by atoms with Gasteiger partial charge in [0.15, 0.2) is 5.65 Å². The number of aromatic nitrogens is 4. The Balaban J connectivity index is 2.02. The fraction of sp³-hybridized carbons (Fsp3) is 0.333. The lowest BCUT2D eigenvalue weighted by atomic mass is 10.2. The van der Waals surface area contributed by atoms with Crippen LogP contribution in [0.2, 0.25) is 0 Å². The molecule has 0 amide bonds. The quantitative estimate of drug-likeness (QED) is 0.589. The van der Waals surface area contributed by atoms with E-state index in [4.69, 9.17) is 0 Å². The molecule has 3 aromatic rings. The van der Waals surface area contributed by atoms with E-state index in [1.54, 1.807) is 0 Å². The van der Waals surface area contributed by atoms with E-state index in [2.05, 4.69) is 38.7 Å². The topological polar surface area (TPSA) is 68.0 Å². The first-order chi connectivity index (χ1) is 10.2. The SMILES string of the molecule is CCCC(C)=NNc1nnc2c3ccccc3n(C)c2n1. The lowest BCUT2D eigenvalue weighted by molar-refractivity contribution is 0.943. The largest absolute Gasteiger partial charge is 0.327 e. The Labute approximate surface area is 122 Å². The molecule has 0 fully saturated rings. The molecule has 0 unspecified atom stereocenters. The summed E-state index contributed by atoms with van der Waals surface area (Å²) in [7, 11) is 1.98. The van der Waals surface area contributed by atoms with Crippen molar-refractivity contribution in [3.8, 4) is 0 Å². The minimum Gasteiger partial charge on any atom is -0.327 e. The van der Waals surface area contributed by atoms with Crippen LogP contribution in [0.25, 0.3) is 22.1 Å². The predicted octanol–water partition coefficient (Wildman–Crippen LogP) is 3.10. The van der Waals surface area contributed by atoms with Gasteiger partial charge in [0.1, 0.15) is 5.52 Å². The Bertz CT molecular complexity index is 818. The van der Waals surface area contributed by atoms with Crippen LogP contribution in [-0.2, 0) is 7.05 Å². The number of fused-ring (bicyclic) bond motifs is 3. The average molecular weight is 282 g/mol. The fourth-order valence-corrected chi connectivity index (χ4v) is 2.42. The number of hydrazone groups is 1. The molecule has 1 N–H and O–H groups in total. The molecule has 0 saturated heterocycles. The summed E-state index contributed by atoms with van der Waals surface area (Å²) in [4.78, 5) is 4.52. The van der Waals surface area contributed by atoms with Crippen LogP contribution in [0.5, 0.6) is 0 Å². The number of para-hydroxylation sites is 1. The van der Waals surface area contributed by atoms with Gasteiger partial charge >= 0.3 is 0 Å². The highest BCUT2D eigenvalue weighted by Gasteiger charge is 2.11. The van der Waals surface area contributed by atoms with E-state index in [-0.39, 0.29) is 0 Å². The number of nitrogens with zero attached hydrogens (tertiary/aromatic N) is 5. The van der Waals surface area contributed by atoms with E-state index >= 15 is 0 Å². The van der Waals surface area contributed by atoms with Gasteiger partial charge in [-0.1, -0.05) is 31.5 Å². The van der Waals surface area contributed by atoms with Crippen LogP contribution in [0.4, 0.5) is 5.95 Å². The summed E-state index contributed by atoms with van der Waals surface area (Å²) in [6, 6.07) is 8.08.